The van der Waals surface area contributed by atoms with Crippen molar-refractivity contribution in [1.82, 2.24) is 15.6 Å². The van der Waals surface area contributed by atoms with Crippen molar-refractivity contribution >= 4 is 11.8 Å². The maximum absolute atomic E-state index is 13.4. The van der Waals surface area contributed by atoms with E-state index in [4.69, 9.17) is 0 Å². The molecule has 5 aromatic rings. The number of hydrogen-bond acceptors (Lipinski definition) is 5. The van der Waals surface area contributed by atoms with Crippen LogP contribution in [0.1, 0.15) is 57.1 Å². The van der Waals surface area contributed by atoms with Crippen LogP contribution in [-0.4, -0.2) is 39.1 Å². The Kier molecular flexibility index (Phi) is 8.99. The van der Waals surface area contributed by atoms with E-state index in [9.17, 15) is 19.8 Å². The SMILES string of the molecule is C[C@H](NC(=O)c1cccc(C(=O)N[C@@H](C)C(O)(c2ccccc2)c2ccccc2)n1)C(O)(c1ccccc1)c1ccccc1. The summed E-state index contributed by atoms with van der Waals surface area (Å²) in [5.41, 5.74) is -0.526. The van der Waals surface area contributed by atoms with E-state index in [1.807, 2.05) is 121 Å². The molecule has 2 atom stereocenters. The highest BCUT2D eigenvalue weighted by Crippen LogP contribution is 2.34. The number of benzene rings is 4. The molecule has 2 amide bonds. The van der Waals surface area contributed by atoms with Crippen molar-refractivity contribution in [2.45, 2.75) is 37.1 Å². The molecular formula is C37H35N3O4. The number of nitrogens with one attached hydrogen (secondary N) is 2. The fourth-order valence-electron chi connectivity index (χ4n) is 5.54. The standard InChI is InChI=1S/C37H35N3O4/c1-26(36(43,28-16-7-3-8-17-28)29-18-9-4-10-19-29)38-34(41)32-24-15-25-33(40-32)35(42)39-27(2)37(44,30-20-11-5-12-21-30)31-22-13-6-14-23-31/h3-27,43-44H,1-2H3,(H,38,41)(H,39,42)/t26-,27-/m0/s1. The van der Waals surface area contributed by atoms with Crippen molar-refractivity contribution in [2.75, 3.05) is 0 Å². The fourth-order valence-corrected chi connectivity index (χ4v) is 5.54. The number of aliphatic hydroxyl groups is 2. The molecular weight excluding hydrogens is 550 g/mol. The minimum atomic E-state index is -1.53. The first kappa shape index (κ1) is 30.4. The molecule has 0 aliphatic rings. The van der Waals surface area contributed by atoms with Crippen LogP contribution < -0.4 is 10.6 Å². The second-order valence-electron chi connectivity index (χ2n) is 10.8. The third kappa shape index (κ3) is 6.01. The highest BCUT2D eigenvalue weighted by atomic mass is 16.3. The minimum Gasteiger partial charge on any atom is -0.378 e. The molecule has 222 valence electrons. The molecule has 44 heavy (non-hydrogen) atoms. The number of pyridine rings is 1. The Balaban J connectivity index is 1.37. The van der Waals surface area contributed by atoms with E-state index in [2.05, 4.69) is 15.6 Å². The van der Waals surface area contributed by atoms with Crippen LogP contribution in [0.4, 0.5) is 0 Å². The van der Waals surface area contributed by atoms with Crippen LogP contribution >= 0.6 is 0 Å². The fraction of sp³-hybridized carbons (Fsp3) is 0.162. The van der Waals surface area contributed by atoms with Gasteiger partial charge in [-0.2, -0.15) is 0 Å². The van der Waals surface area contributed by atoms with E-state index in [1.165, 1.54) is 12.1 Å². The van der Waals surface area contributed by atoms with Crippen LogP contribution in [0.3, 0.4) is 0 Å². The van der Waals surface area contributed by atoms with Crippen molar-refractivity contribution in [3.8, 4) is 0 Å². The molecule has 0 saturated heterocycles. The van der Waals surface area contributed by atoms with E-state index < -0.39 is 35.1 Å². The molecule has 1 heterocycles. The van der Waals surface area contributed by atoms with Gasteiger partial charge in [0.15, 0.2) is 0 Å². The summed E-state index contributed by atoms with van der Waals surface area (Å²) >= 11 is 0. The molecule has 0 aliphatic heterocycles. The third-order valence-electron chi connectivity index (χ3n) is 8.02. The first-order valence-electron chi connectivity index (χ1n) is 14.5. The predicted octanol–water partition coefficient (Wildman–Crippen LogP) is 5.19. The van der Waals surface area contributed by atoms with Gasteiger partial charge in [0.25, 0.3) is 11.8 Å². The Hall–Kier alpha value is -5.11. The van der Waals surface area contributed by atoms with E-state index >= 15 is 0 Å². The maximum Gasteiger partial charge on any atom is 0.270 e. The van der Waals surface area contributed by atoms with Gasteiger partial charge in [-0.05, 0) is 48.2 Å². The number of nitrogens with zero attached hydrogens (tertiary/aromatic N) is 1. The van der Waals surface area contributed by atoms with Gasteiger partial charge >= 0.3 is 0 Å². The average molecular weight is 586 g/mol. The van der Waals surface area contributed by atoms with E-state index in [1.54, 1.807) is 19.9 Å². The smallest absolute Gasteiger partial charge is 0.270 e. The first-order chi connectivity index (χ1) is 21.2. The van der Waals surface area contributed by atoms with Crippen LogP contribution in [0.25, 0.3) is 0 Å². The quantitative estimate of drug-likeness (QED) is 0.180. The van der Waals surface area contributed by atoms with Crippen LogP contribution in [0, 0.1) is 0 Å². The van der Waals surface area contributed by atoms with Crippen molar-refractivity contribution in [2.24, 2.45) is 0 Å². The monoisotopic (exact) mass is 585 g/mol. The zero-order chi connectivity index (χ0) is 31.2. The number of aromatic nitrogens is 1. The molecule has 0 radical (unpaired) electrons. The van der Waals surface area contributed by atoms with E-state index in [-0.39, 0.29) is 11.4 Å². The second-order valence-corrected chi connectivity index (χ2v) is 10.8. The van der Waals surface area contributed by atoms with Crippen molar-refractivity contribution in [1.29, 1.82) is 0 Å². The molecule has 5 rings (SSSR count). The lowest BCUT2D eigenvalue weighted by atomic mass is 9.80. The molecule has 7 heteroatoms. The third-order valence-corrected chi connectivity index (χ3v) is 8.02. The lowest BCUT2D eigenvalue weighted by molar-refractivity contribution is 0.0399. The topological polar surface area (TPSA) is 112 Å². The number of amides is 2. The van der Waals surface area contributed by atoms with Gasteiger partial charge in [0.1, 0.15) is 22.6 Å². The van der Waals surface area contributed by atoms with Crippen LogP contribution in [0.5, 0.6) is 0 Å². The second kappa shape index (κ2) is 13.0. The number of rotatable bonds is 10. The zero-order valence-corrected chi connectivity index (χ0v) is 24.6. The normalized spacial score (nSPS) is 13.0. The maximum atomic E-state index is 13.4. The van der Waals surface area contributed by atoms with E-state index in [0.29, 0.717) is 22.3 Å². The molecule has 1 aromatic heterocycles. The predicted molar refractivity (Wildman–Crippen MR) is 170 cm³/mol. The highest BCUT2D eigenvalue weighted by Gasteiger charge is 2.40. The van der Waals surface area contributed by atoms with Gasteiger partial charge in [0, 0.05) is 0 Å². The number of carbonyl (C=O) groups excluding carboxylic acids is 2. The Morgan fingerprint density at radius 2 is 0.773 bits per heavy atom. The summed E-state index contributed by atoms with van der Waals surface area (Å²) in [6.45, 7) is 3.45. The Bertz CT molecular complexity index is 1490. The van der Waals surface area contributed by atoms with Gasteiger partial charge in [0.05, 0.1) is 12.1 Å². The molecule has 0 spiro atoms. The van der Waals surface area contributed by atoms with Gasteiger partial charge in [-0.15, -0.1) is 0 Å². The van der Waals surface area contributed by atoms with Crippen LogP contribution in [-0.2, 0) is 11.2 Å². The molecule has 0 fully saturated rings. The Labute approximate surface area is 257 Å². The zero-order valence-electron chi connectivity index (χ0n) is 24.6. The first-order valence-corrected chi connectivity index (χ1v) is 14.5. The minimum absolute atomic E-state index is 0.0157. The summed E-state index contributed by atoms with van der Waals surface area (Å²) < 4.78 is 0. The van der Waals surface area contributed by atoms with Crippen molar-refractivity contribution in [3.05, 3.63) is 173 Å². The summed E-state index contributed by atoms with van der Waals surface area (Å²) in [6.07, 6.45) is 0. The van der Waals surface area contributed by atoms with Gasteiger partial charge in [-0.1, -0.05) is 127 Å². The summed E-state index contributed by atoms with van der Waals surface area (Å²) in [6, 6.07) is 39.7. The molecule has 7 nitrogen and oxygen atoms in total. The lowest BCUT2D eigenvalue weighted by Gasteiger charge is -2.36. The molecule has 0 saturated carbocycles. The van der Waals surface area contributed by atoms with Crippen LogP contribution in [0.2, 0.25) is 0 Å². The van der Waals surface area contributed by atoms with Crippen molar-refractivity contribution in [3.63, 3.8) is 0 Å². The van der Waals surface area contributed by atoms with Gasteiger partial charge in [-0.25, -0.2) is 4.98 Å². The highest BCUT2D eigenvalue weighted by molar-refractivity contribution is 5.96. The molecule has 0 bridgehead atoms. The van der Waals surface area contributed by atoms with Gasteiger partial charge in [0.2, 0.25) is 0 Å². The molecule has 4 N–H and O–H groups in total. The molecule has 0 unspecified atom stereocenters. The number of hydrogen-bond donors (Lipinski definition) is 4. The Morgan fingerprint density at radius 3 is 1.05 bits per heavy atom. The Morgan fingerprint density at radius 1 is 0.500 bits per heavy atom. The molecule has 4 aromatic carbocycles. The summed E-state index contributed by atoms with van der Waals surface area (Å²) in [5, 5.41) is 29.8. The van der Waals surface area contributed by atoms with Gasteiger partial charge in [-0.3, -0.25) is 9.59 Å². The summed E-state index contributed by atoms with van der Waals surface area (Å²) in [5.74, 6) is -1.09. The average Bonchev–Trinajstić information content (AvgIpc) is 3.09. The lowest BCUT2D eigenvalue weighted by Crippen LogP contribution is -2.50. The largest absolute Gasteiger partial charge is 0.378 e. The van der Waals surface area contributed by atoms with Crippen LogP contribution in [0.15, 0.2) is 140 Å². The summed E-state index contributed by atoms with van der Waals surface area (Å²) in [7, 11) is 0. The molecule has 0 aliphatic carbocycles. The van der Waals surface area contributed by atoms with Gasteiger partial charge < -0.3 is 20.8 Å². The van der Waals surface area contributed by atoms with E-state index in [0.717, 1.165) is 0 Å². The van der Waals surface area contributed by atoms with Crippen molar-refractivity contribution < 1.29 is 19.8 Å². The summed E-state index contributed by atoms with van der Waals surface area (Å²) in [4.78, 5) is 31.2. The number of carbonyl (C=O) groups is 2.